The molecular formula is C56H67N11O7S. The van der Waals surface area contributed by atoms with Gasteiger partial charge in [-0.15, -0.1) is 11.3 Å². The van der Waals surface area contributed by atoms with E-state index in [1.54, 1.807) is 48.9 Å². The van der Waals surface area contributed by atoms with Crippen LogP contribution >= 0.6 is 11.3 Å². The number of aliphatic hydroxyl groups is 1. The topological polar surface area (TPSA) is 216 Å². The van der Waals surface area contributed by atoms with Crippen LogP contribution in [-0.4, -0.2) is 123 Å². The van der Waals surface area contributed by atoms with E-state index in [1.165, 1.54) is 21.6 Å². The number of aryl methyl sites for hydroxylation is 2. The van der Waals surface area contributed by atoms with Crippen molar-refractivity contribution in [3.8, 4) is 21.9 Å². The number of fused-ring (bicyclic) bond motifs is 1. The van der Waals surface area contributed by atoms with Crippen LogP contribution in [0.4, 0.5) is 23.0 Å². The molecular weight excluding hydrogens is 971 g/mol. The molecule has 2 aliphatic rings. The highest BCUT2D eigenvalue weighted by Gasteiger charge is 2.44. The molecule has 75 heavy (non-hydrogen) atoms. The second kappa shape index (κ2) is 23.8. The van der Waals surface area contributed by atoms with Crippen LogP contribution in [0.5, 0.6) is 5.75 Å². The summed E-state index contributed by atoms with van der Waals surface area (Å²) in [7, 11) is 1.61. The average Bonchev–Trinajstić information content (AvgIpc) is 4.02. The van der Waals surface area contributed by atoms with Gasteiger partial charge in [0.2, 0.25) is 29.6 Å². The number of ether oxygens (including phenoxy) is 1. The van der Waals surface area contributed by atoms with E-state index in [9.17, 15) is 29.1 Å². The van der Waals surface area contributed by atoms with Crippen LogP contribution in [-0.2, 0) is 25.7 Å². The monoisotopic (exact) mass is 1040 g/mol. The third kappa shape index (κ3) is 13.1. The van der Waals surface area contributed by atoms with Crippen molar-refractivity contribution in [2.45, 2.75) is 91.5 Å². The predicted molar refractivity (Wildman–Crippen MR) is 294 cm³/mol. The Morgan fingerprint density at radius 3 is 2.43 bits per heavy atom. The molecule has 8 rings (SSSR count). The number of rotatable bonds is 19. The van der Waals surface area contributed by atoms with Gasteiger partial charge in [-0.1, -0.05) is 64.1 Å². The second-order valence-electron chi connectivity index (χ2n) is 20.3. The van der Waals surface area contributed by atoms with Gasteiger partial charge in [0, 0.05) is 87.2 Å². The molecule has 6 aromatic rings. The number of piperazine rings is 1. The second-order valence-corrected chi connectivity index (χ2v) is 21.1. The normalized spacial score (nSPS) is 16.4. The maximum Gasteiger partial charge on any atom is 0.257 e. The first-order chi connectivity index (χ1) is 36.0. The van der Waals surface area contributed by atoms with E-state index in [1.807, 2.05) is 82.6 Å². The van der Waals surface area contributed by atoms with Gasteiger partial charge >= 0.3 is 0 Å². The van der Waals surface area contributed by atoms with Gasteiger partial charge in [-0.25, -0.2) is 9.97 Å². The Morgan fingerprint density at radius 1 is 0.947 bits per heavy atom. The highest BCUT2D eigenvalue weighted by atomic mass is 32.1. The standard InChI is InChI=1S/C56H67N11O7S/c1-8-47(69)60-39-13-12-14-41(28-39)67-49(71)27-35(2)43-32-58-55(63-52(43)67)61-44-21-20-40(29-46(44)74-7)65-25-23-64(24-26-65)22-11-9-10-15-48(70)62-51(56(4,5)6)54(73)66-33-42(68)30-45(66)53(72)57-31-37-16-18-38(19-17-37)50-36(3)59-34-75-50/h8,12-14,16-21,27-29,32,34,42,45,51,68H,1,9-11,15,22-26,30-31,33H2,2-7H3,(H,57,72)(H,60,69)(H,62,70)(H,58,61,63). The van der Waals surface area contributed by atoms with Gasteiger partial charge in [0.15, 0.2) is 5.65 Å². The van der Waals surface area contributed by atoms with Gasteiger partial charge in [0.25, 0.3) is 5.56 Å². The van der Waals surface area contributed by atoms with Crippen LogP contribution in [0.25, 0.3) is 27.2 Å². The summed E-state index contributed by atoms with van der Waals surface area (Å²) in [6.45, 7) is 17.6. The molecule has 394 valence electrons. The summed E-state index contributed by atoms with van der Waals surface area (Å²) in [4.78, 5) is 87.4. The first-order valence-corrected chi connectivity index (χ1v) is 26.3. The lowest BCUT2D eigenvalue weighted by Crippen LogP contribution is -2.57. The number of methoxy groups -OCH3 is 1. The molecule has 2 saturated heterocycles. The fourth-order valence-corrected chi connectivity index (χ4v) is 10.4. The van der Waals surface area contributed by atoms with Crippen LogP contribution < -0.4 is 36.5 Å². The molecule has 18 nitrogen and oxygen atoms in total. The lowest BCUT2D eigenvalue weighted by Gasteiger charge is -2.36. The molecule has 2 aliphatic heterocycles. The number of aromatic nitrogens is 4. The van der Waals surface area contributed by atoms with Crippen LogP contribution in [0.3, 0.4) is 0 Å². The number of pyridine rings is 1. The minimum absolute atomic E-state index is 0.0179. The molecule has 5 N–H and O–H groups in total. The van der Waals surface area contributed by atoms with Crippen molar-refractivity contribution < 1.29 is 29.0 Å². The van der Waals surface area contributed by atoms with Crippen molar-refractivity contribution in [2.24, 2.45) is 5.41 Å². The van der Waals surface area contributed by atoms with Crippen molar-refractivity contribution in [1.29, 1.82) is 0 Å². The SMILES string of the molecule is C=CC(=O)Nc1cccc(-n2c(=O)cc(C)c3cnc(Nc4ccc(N5CCN(CCCCCC(=O)NC(C(=O)N6CC(O)CC6C(=O)NCc6ccc(-c7scnc7C)cc6)C(C)(C)C)CC5)cc4OC)nc32)c1. The number of unbranched alkanes of at least 4 members (excludes halogenated alkanes) is 2. The number of β-amino-alcohol motifs (C(OH)–C–C–N with tert-alkyl or cyclic N) is 1. The summed E-state index contributed by atoms with van der Waals surface area (Å²) in [6.07, 6.45) is 4.85. The van der Waals surface area contributed by atoms with Gasteiger partial charge < -0.3 is 40.9 Å². The van der Waals surface area contributed by atoms with Crippen LogP contribution in [0.15, 0.2) is 102 Å². The summed E-state index contributed by atoms with van der Waals surface area (Å²) in [6, 6.07) is 20.6. The number of nitrogens with one attached hydrogen (secondary N) is 4. The zero-order valence-electron chi connectivity index (χ0n) is 43.5. The zero-order valence-corrected chi connectivity index (χ0v) is 44.3. The van der Waals surface area contributed by atoms with Crippen LogP contribution in [0.1, 0.15) is 69.7 Å². The predicted octanol–water partition coefficient (Wildman–Crippen LogP) is 6.89. The number of amides is 4. The number of likely N-dealkylation sites (tertiary alicyclic amines) is 1. The summed E-state index contributed by atoms with van der Waals surface area (Å²) < 4.78 is 7.32. The van der Waals surface area contributed by atoms with Crippen LogP contribution in [0.2, 0.25) is 0 Å². The third-order valence-corrected chi connectivity index (χ3v) is 14.8. The van der Waals surface area contributed by atoms with E-state index in [0.29, 0.717) is 40.3 Å². The molecule has 0 spiro atoms. The number of hydrogen-bond donors (Lipinski definition) is 5. The Kier molecular flexibility index (Phi) is 17.1. The van der Waals surface area contributed by atoms with E-state index in [4.69, 9.17) is 9.72 Å². The molecule has 2 fully saturated rings. The molecule has 5 heterocycles. The smallest absolute Gasteiger partial charge is 0.257 e. The molecule has 0 saturated carbocycles. The van der Waals surface area contributed by atoms with Crippen molar-refractivity contribution in [3.63, 3.8) is 0 Å². The van der Waals surface area contributed by atoms with E-state index >= 15 is 0 Å². The van der Waals surface area contributed by atoms with Crippen molar-refractivity contribution in [3.05, 3.63) is 124 Å². The van der Waals surface area contributed by atoms with E-state index in [2.05, 4.69) is 47.6 Å². The van der Waals surface area contributed by atoms with Crippen molar-refractivity contribution in [2.75, 3.05) is 61.9 Å². The highest BCUT2D eigenvalue weighted by molar-refractivity contribution is 7.13. The van der Waals surface area contributed by atoms with Gasteiger partial charge in [-0.3, -0.25) is 33.4 Å². The Bertz CT molecular complexity index is 3110. The number of aliphatic hydroxyl groups excluding tert-OH is 1. The molecule has 0 bridgehead atoms. The minimum Gasteiger partial charge on any atom is -0.494 e. The number of benzene rings is 3. The molecule has 0 radical (unpaired) electrons. The highest BCUT2D eigenvalue weighted by Crippen LogP contribution is 2.33. The Balaban J connectivity index is 0.791. The fourth-order valence-electron chi connectivity index (χ4n) is 9.62. The van der Waals surface area contributed by atoms with Crippen molar-refractivity contribution >= 4 is 69.0 Å². The number of nitrogens with zero attached hydrogens (tertiary/aromatic N) is 7. The molecule has 3 atom stereocenters. The maximum atomic E-state index is 14.1. The Morgan fingerprint density at radius 2 is 1.72 bits per heavy atom. The first-order valence-electron chi connectivity index (χ1n) is 25.4. The Hall–Kier alpha value is -7.48. The Labute approximate surface area is 441 Å². The van der Waals surface area contributed by atoms with Gasteiger partial charge in [-0.05, 0) is 91.7 Å². The zero-order chi connectivity index (χ0) is 53.4. The number of anilines is 4. The van der Waals surface area contributed by atoms with Gasteiger partial charge in [0.05, 0.1) is 40.7 Å². The fraction of sp³-hybridized carbons (Fsp3) is 0.393. The molecule has 4 amide bonds. The number of thiazole rings is 1. The lowest BCUT2D eigenvalue weighted by atomic mass is 9.85. The molecule has 19 heteroatoms. The summed E-state index contributed by atoms with van der Waals surface area (Å²) >= 11 is 1.58. The van der Waals surface area contributed by atoms with E-state index in [0.717, 1.165) is 78.5 Å². The third-order valence-electron chi connectivity index (χ3n) is 13.8. The van der Waals surface area contributed by atoms with Crippen molar-refractivity contribution in [1.82, 2.24) is 40.0 Å². The van der Waals surface area contributed by atoms with Crippen LogP contribution in [0, 0.1) is 19.3 Å². The van der Waals surface area contributed by atoms with Gasteiger partial charge in [-0.2, -0.15) is 4.98 Å². The molecule has 0 aliphatic carbocycles. The number of carbonyl (C=O) groups excluding carboxylic acids is 4. The molecule has 3 unspecified atom stereocenters. The van der Waals surface area contributed by atoms with E-state index in [-0.39, 0.29) is 61.1 Å². The molecule has 3 aromatic heterocycles. The largest absolute Gasteiger partial charge is 0.494 e. The maximum absolute atomic E-state index is 14.1. The van der Waals surface area contributed by atoms with Gasteiger partial charge in [0.1, 0.15) is 17.8 Å². The molecule has 3 aromatic carbocycles. The minimum atomic E-state index is -0.876. The first kappa shape index (κ1) is 53.8. The summed E-state index contributed by atoms with van der Waals surface area (Å²) in [5, 5.41) is 23.3. The summed E-state index contributed by atoms with van der Waals surface area (Å²) in [5.41, 5.74) is 7.67. The quantitative estimate of drug-likeness (QED) is 0.0413. The average molecular weight is 1040 g/mol. The summed E-state index contributed by atoms with van der Waals surface area (Å²) in [5.74, 6) is -0.421. The number of carbonyl (C=O) groups is 4. The lowest BCUT2D eigenvalue weighted by molar-refractivity contribution is -0.144. The van der Waals surface area contributed by atoms with E-state index < -0.39 is 23.6 Å². The number of hydrogen-bond acceptors (Lipinski definition) is 14.